The Morgan fingerprint density at radius 1 is 1.39 bits per heavy atom. The lowest BCUT2D eigenvalue weighted by Crippen LogP contribution is -2.27. The van der Waals surface area contributed by atoms with Crippen LogP contribution in [0.2, 0.25) is 0 Å². The summed E-state index contributed by atoms with van der Waals surface area (Å²) in [5.74, 6) is -0.211. The van der Waals surface area contributed by atoms with E-state index in [2.05, 4.69) is 15.9 Å². The van der Waals surface area contributed by atoms with Crippen molar-refractivity contribution >= 4 is 27.7 Å². The lowest BCUT2D eigenvalue weighted by molar-refractivity contribution is -0.141. The minimum Gasteiger partial charge on any atom is -0.497 e. The average molecular weight is 315 g/mol. The molecule has 1 aromatic rings. The predicted molar refractivity (Wildman–Crippen MR) is 71.4 cm³/mol. The van der Waals surface area contributed by atoms with E-state index in [1.54, 1.807) is 39.2 Å². The number of aryl methyl sites for hydroxylation is 1. The third-order valence-electron chi connectivity index (χ3n) is 2.42. The summed E-state index contributed by atoms with van der Waals surface area (Å²) in [6, 6.07) is 5.08. The summed E-state index contributed by atoms with van der Waals surface area (Å²) in [5.41, 5.74) is 1.24. The molecule has 0 radical (unpaired) electrons. The molecule has 0 spiro atoms. The molecule has 1 unspecified atom stereocenters. The average Bonchev–Trinajstić information content (AvgIpc) is 2.37. The van der Waals surface area contributed by atoms with Gasteiger partial charge in [0.2, 0.25) is 0 Å². The number of alkyl halides is 1. The fraction of sp³-hybridized carbons (Fsp3) is 0.385. The van der Waals surface area contributed by atoms with Gasteiger partial charge in [0.15, 0.2) is 10.6 Å². The molecular weight excluding hydrogens is 300 g/mol. The second-order valence-corrected chi connectivity index (χ2v) is 4.58. The van der Waals surface area contributed by atoms with Gasteiger partial charge in [0, 0.05) is 5.56 Å². The molecule has 1 aromatic carbocycles. The van der Waals surface area contributed by atoms with Crippen molar-refractivity contribution in [1.82, 2.24) is 0 Å². The van der Waals surface area contributed by atoms with Crippen molar-refractivity contribution in [1.29, 1.82) is 0 Å². The molecule has 18 heavy (non-hydrogen) atoms. The quantitative estimate of drug-likeness (QED) is 0.363. The Bertz CT molecular complexity index is 456. The smallest absolute Gasteiger partial charge is 0.327 e. The van der Waals surface area contributed by atoms with E-state index >= 15 is 0 Å². The van der Waals surface area contributed by atoms with Crippen LogP contribution in [-0.2, 0) is 9.53 Å². The SMILES string of the molecule is CCOC(=O)C(Br)C(=O)c1ccc(OC)cc1C. The zero-order chi connectivity index (χ0) is 13.7. The Morgan fingerprint density at radius 2 is 2.06 bits per heavy atom. The molecule has 4 nitrogen and oxygen atoms in total. The molecule has 98 valence electrons. The standard InChI is InChI=1S/C13H15BrO4/c1-4-18-13(16)11(14)12(15)10-6-5-9(17-3)7-8(10)2/h5-7,11H,4H2,1-3H3. The number of carbonyl (C=O) groups is 2. The first-order valence-electron chi connectivity index (χ1n) is 5.50. The molecule has 0 saturated carbocycles. The number of esters is 1. The number of methoxy groups -OCH3 is 1. The second kappa shape index (κ2) is 6.54. The van der Waals surface area contributed by atoms with Gasteiger partial charge in [-0.1, -0.05) is 15.9 Å². The van der Waals surface area contributed by atoms with Gasteiger partial charge >= 0.3 is 5.97 Å². The lowest BCUT2D eigenvalue weighted by atomic mass is 10.0. The molecule has 0 bridgehead atoms. The summed E-state index contributed by atoms with van der Waals surface area (Å²) < 4.78 is 9.86. The first-order valence-corrected chi connectivity index (χ1v) is 6.42. The Balaban J connectivity index is 2.93. The summed E-state index contributed by atoms with van der Waals surface area (Å²) in [6.07, 6.45) is 0. The molecule has 0 aliphatic heterocycles. The predicted octanol–water partition coefficient (Wildman–Crippen LogP) is 2.51. The summed E-state index contributed by atoms with van der Waals surface area (Å²) >= 11 is 3.06. The van der Waals surface area contributed by atoms with Crippen LogP contribution in [0.25, 0.3) is 0 Å². The maximum absolute atomic E-state index is 12.1. The number of ether oxygens (including phenoxy) is 2. The molecule has 0 aliphatic carbocycles. The van der Waals surface area contributed by atoms with E-state index in [-0.39, 0.29) is 12.4 Å². The van der Waals surface area contributed by atoms with Crippen LogP contribution >= 0.6 is 15.9 Å². The van der Waals surface area contributed by atoms with E-state index in [1.807, 2.05) is 0 Å². The molecular formula is C13H15BrO4. The minimum atomic E-state index is -0.968. The van der Waals surface area contributed by atoms with Gasteiger partial charge in [0.05, 0.1) is 13.7 Å². The zero-order valence-corrected chi connectivity index (χ0v) is 12.1. The number of Topliss-reactive ketones (excluding diaryl/α,β-unsaturated/α-hetero) is 1. The van der Waals surface area contributed by atoms with Gasteiger partial charge in [-0.05, 0) is 37.6 Å². The fourth-order valence-corrected chi connectivity index (χ4v) is 1.88. The molecule has 0 aliphatic rings. The van der Waals surface area contributed by atoms with Crippen LogP contribution in [0.3, 0.4) is 0 Å². The normalized spacial score (nSPS) is 11.8. The number of hydrogen-bond acceptors (Lipinski definition) is 4. The van der Waals surface area contributed by atoms with Gasteiger partial charge in [-0.25, -0.2) is 0 Å². The van der Waals surface area contributed by atoms with Crippen molar-refractivity contribution < 1.29 is 19.1 Å². The molecule has 1 rings (SSSR count). The highest BCUT2D eigenvalue weighted by Crippen LogP contribution is 2.20. The fourth-order valence-electron chi connectivity index (χ4n) is 1.50. The molecule has 1 atom stereocenters. The van der Waals surface area contributed by atoms with Crippen LogP contribution in [0.4, 0.5) is 0 Å². The summed E-state index contributed by atoms with van der Waals surface area (Å²) in [6.45, 7) is 3.73. The van der Waals surface area contributed by atoms with Gasteiger partial charge in [-0.3, -0.25) is 9.59 Å². The molecule has 0 N–H and O–H groups in total. The number of benzene rings is 1. The van der Waals surface area contributed by atoms with Crippen molar-refractivity contribution in [3.63, 3.8) is 0 Å². The van der Waals surface area contributed by atoms with Gasteiger partial charge in [0.25, 0.3) is 0 Å². The Labute approximate surface area is 114 Å². The largest absolute Gasteiger partial charge is 0.497 e. The zero-order valence-electron chi connectivity index (χ0n) is 10.5. The van der Waals surface area contributed by atoms with Crippen LogP contribution in [0.1, 0.15) is 22.8 Å². The highest BCUT2D eigenvalue weighted by Gasteiger charge is 2.26. The topological polar surface area (TPSA) is 52.6 Å². The van der Waals surface area contributed by atoms with Crippen LogP contribution in [-0.4, -0.2) is 30.3 Å². The Morgan fingerprint density at radius 3 is 2.56 bits per heavy atom. The summed E-state index contributed by atoms with van der Waals surface area (Å²) in [4.78, 5) is 22.6. The van der Waals surface area contributed by atoms with E-state index in [4.69, 9.17) is 9.47 Å². The summed E-state index contributed by atoms with van der Waals surface area (Å²) in [5, 5.41) is 0. The van der Waals surface area contributed by atoms with Gasteiger partial charge < -0.3 is 9.47 Å². The molecule has 0 fully saturated rings. The highest BCUT2D eigenvalue weighted by molar-refractivity contribution is 9.10. The van der Waals surface area contributed by atoms with Crippen LogP contribution in [0, 0.1) is 6.92 Å². The minimum absolute atomic E-state index is 0.246. The van der Waals surface area contributed by atoms with E-state index in [0.717, 1.165) is 5.56 Å². The number of carbonyl (C=O) groups excluding carboxylic acids is 2. The maximum atomic E-state index is 12.1. The van der Waals surface area contributed by atoms with Crippen LogP contribution < -0.4 is 4.74 Å². The van der Waals surface area contributed by atoms with Gasteiger partial charge in [0.1, 0.15) is 5.75 Å². The van der Waals surface area contributed by atoms with E-state index in [9.17, 15) is 9.59 Å². The Hall–Kier alpha value is -1.36. The number of halogens is 1. The molecule has 0 saturated heterocycles. The third-order valence-corrected chi connectivity index (χ3v) is 3.21. The van der Waals surface area contributed by atoms with E-state index in [0.29, 0.717) is 11.3 Å². The lowest BCUT2D eigenvalue weighted by Gasteiger charge is -2.11. The van der Waals surface area contributed by atoms with Gasteiger partial charge in [-0.2, -0.15) is 0 Å². The van der Waals surface area contributed by atoms with Crippen LogP contribution in [0.5, 0.6) is 5.75 Å². The van der Waals surface area contributed by atoms with E-state index in [1.165, 1.54) is 0 Å². The molecule has 0 aromatic heterocycles. The number of ketones is 1. The van der Waals surface area contributed by atoms with Crippen molar-refractivity contribution in [3.05, 3.63) is 29.3 Å². The number of rotatable bonds is 5. The molecule has 5 heteroatoms. The first kappa shape index (κ1) is 14.7. The van der Waals surface area contributed by atoms with Crippen molar-refractivity contribution in [3.8, 4) is 5.75 Å². The van der Waals surface area contributed by atoms with Crippen molar-refractivity contribution in [2.45, 2.75) is 18.7 Å². The van der Waals surface area contributed by atoms with Crippen LogP contribution in [0.15, 0.2) is 18.2 Å². The highest BCUT2D eigenvalue weighted by atomic mass is 79.9. The van der Waals surface area contributed by atoms with Crippen molar-refractivity contribution in [2.75, 3.05) is 13.7 Å². The molecule has 0 heterocycles. The van der Waals surface area contributed by atoms with Crippen molar-refractivity contribution in [2.24, 2.45) is 0 Å². The molecule has 0 amide bonds. The maximum Gasteiger partial charge on any atom is 0.327 e. The number of hydrogen-bond donors (Lipinski definition) is 0. The third kappa shape index (κ3) is 3.32. The monoisotopic (exact) mass is 314 g/mol. The van der Waals surface area contributed by atoms with Gasteiger partial charge in [-0.15, -0.1) is 0 Å². The second-order valence-electron chi connectivity index (χ2n) is 3.66. The van der Waals surface area contributed by atoms with E-state index < -0.39 is 10.8 Å². The Kier molecular flexibility index (Phi) is 5.34. The summed E-state index contributed by atoms with van der Waals surface area (Å²) in [7, 11) is 1.56. The first-order chi connectivity index (χ1) is 8.51.